The van der Waals surface area contributed by atoms with E-state index in [1.807, 2.05) is 0 Å². The lowest BCUT2D eigenvalue weighted by molar-refractivity contribution is 0.0697. The van der Waals surface area contributed by atoms with Crippen LogP contribution in [0.2, 0.25) is 0 Å². The minimum atomic E-state index is -3.85. The number of benzene rings is 2. The van der Waals surface area contributed by atoms with Crippen LogP contribution < -0.4 is 9.88 Å². The van der Waals surface area contributed by atoms with Crippen LogP contribution in [0.5, 0.6) is 5.75 Å². The molecule has 3 N–H and O–H groups in total. The number of carboxylic acids is 1. The number of rotatable bonds is 7. The van der Waals surface area contributed by atoms with Crippen molar-refractivity contribution in [3.8, 4) is 5.75 Å². The zero-order valence-corrected chi connectivity index (χ0v) is 16.9. The van der Waals surface area contributed by atoms with Crippen molar-refractivity contribution < 1.29 is 23.1 Å². The van der Waals surface area contributed by atoms with Gasteiger partial charge in [0.25, 0.3) is 10.0 Å². The number of ether oxygens (including phenoxy) is 1. The normalized spacial score (nSPS) is 11.6. The summed E-state index contributed by atoms with van der Waals surface area (Å²) in [5, 5.41) is 22.2. The maximum Gasteiger partial charge on any atom is 0.335 e. The molecule has 12 heteroatoms. The van der Waals surface area contributed by atoms with Gasteiger partial charge in [-0.05, 0) is 35.9 Å². The fraction of sp³-hybridized carbons (Fsp3) is 0.111. The van der Waals surface area contributed by atoms with Crippen LogP contribution in [0.1, 0.15) is 21.6 Å². The number of aromatic carboxylic acids is 1. The Kier molecular flexibility index (Phi) is 5.20. The van der Waals surface area contributed by atoms with Crippen LogP contribution in [0.25, 0.3) is 10.2 Å². The highest BCUT2D eigenvalue weighted by Crippen LogP contribution is 2.28. The maximum atomic E-state index is 11.4. The number of sulfonamides is 1. The van der Waals surface area contributed by atoms with Gasteiger partial charge in [0.2, 0.25) is 4.34 Å². The molecule has 2 heterocycles. The van der Waals surface area contributed by atoms with Crippen molar-refractivity contribution >= 4 is 37.5 Å². The molecule has 0 bridgehead atoms. The third-order valence-corrected chi connectivity index (χ3v) is 6.44. The highest BCUT2D eigenvalue weighted by atomic mass is 32.2. The van der Waals surface area contributed by atoms with Crippen molar-refractivity contribution in [1.29, 1.82) is 0 Å². The highest BCUT2D eigenvalue weighted by molar-refractivity contribution is 7.91. The molecule has 0 amide bonds. The summed E-state index contributed by atoms with van der Waals surface area (Å²) in [6, 6.07) is 11.6. The summed E-state index contributed by atoms with van der Waals surface area (Å²) in [6.07, 6.45) is 1.73. The lowest BCUT2D eigenvalue weighted by Gasteiger charge is -2.03. The fourth-order valence-electron chi connectivity index (χ4n) is 2.67. The van der Waals surface area contributed by atoms with E-state index in [9.17, 15) is 13.2 Å². The highest BCUT2D eigenvalue weighted by Gasteiger charge is 2.15. The number of nitrogens with two attached hydrogens (primary N) is 1. The van der Waals surface area contributed by atoms with Crippen molar-refractivity contribution in [2.75, 3.05) is 0 Å². The van der Waals surface area contributed by atoms with Crippen LogP contribution >= 0.6 is 11.3 Å². The third kappa shape index (κ3) is 4.45. The van der Waals surface area contributed by atoms with E-state index in [2.05, 4.69) is 15.3 Å². The van der Waals surface area contributed by atoms with E-state index in [4.69, 9.17) is 15.0 Å². The standard InChI is InChI=1S/C18H15N5O5S2/c19-30(26,27)18-20-15-6-5-14(7-16(15)29-18)28-10-13-9-23(22-21-13)8-11-1-3-12(4-2-11)17(24)25/h1-7,9H,8,10H2,(H,24,25)(H2,19,26,27). The largest absolute Gasteiger partial charge is 0.487 e. The molecule has 0 aliphatic carbocycles. The van der Waals surface area contributed by atoms with Gasteiger partial charge < -0.3 is 9.84 Å². The number of carbonyl (C=O) groups is 1. The van der Waals surface area contributed by atoms with E-state index in [1.54, 1.807) is 41.2 Å². The summed E-state index contributed by atoms with van der Waals surface area (Å²) in [4.78, 5) is 14.9. The van der Waals surface area contributed by atoms with Crippen molar-refractivity contribution in [1.82, 2.24) is 20.0 Å². The second kappa shape index (κ2) is 7.82. The number of aromatic nitrogens is 4. The molecule has 30 heavy (non-hydrogen) atoms. The van der Waals surface area contributed by atoms with Gasteiger partial charge in [-0.2, -0.15) is 0 Å². The smallest absolute Gasteiger partial charge is 0.335 e. The van der Waals surface area contributed by atoms with Crippen LogP contribution in [-0.2, 0) is 23.2 Å². The molecule has 0 unspecified atom stereocenters. The topological polar surface area (TPSA) is 150 Å². The van der Waals surface area contributed by atoms with Gasteiger partial charge in [-0.15, -0.1) is 16.4 Å². The molecule has 0 radical (unpaired) electrons. The SMILES string of the molecule is NS(=O)(=O)c1nc2ccc(OCc3cn(Cc4ccc(C(=O)O)cc4)nn3)cc2s1. The molecule has 0 saturated heterocycles. The van der Waals surface area contributed by atoms with Gasteiger partial charge >= 0.3 is 5.97 Å². The Bertz CT molecular complexity index is 1330. The number of hydrogen-bond donors (Lipinski definition) is 2. The van der Waals surface area contributed by atoms with Crippen LogP contribution in [0.4, 0.5) is 0 Å². The molecule has 10 nitrogen and oxygen atoms in total. The maximum absolute atomic E-state index is 11.4. The van der Waals surface area contributed by atoms with Crippen molar-refractivity contribution in [2.24, 2.45) is 5.14 Å². The van der Waals surface area contributed by atoms with Gasteiger partial charge in [-0.25, -0.2) is 28.0 Å². The minimum Gasteiger partial charge on any atom is -0.487 e. The number of fused-ring (bicyclic) bond motifs is 1. The van der Waals surface area contributed by atoms with Crippen LogP contribution in [-0.4, -0.2) is 39.5 Å². The zero-order chi connectivity index (χ0) is 21.3. The van der Waals surface area contributed by atoms with Crippen LogP contribution in [0.3, 0.4) is 0 Å². The first-order chi connectivity index (χ1) is 14.3. The molecule has 2 aromatic heterocycles. The summed E-state index contributed by atoms with van der Waals surface area (Å²) >= 11 is 0.975. The predicted octanol–water partition coefficient (Wildman–Crippen LogP) is 1.86. The number of carboxylic acid groups (broad SMARTS) is 1. The summed E-state index contributed by atoms with van der Waals surface area (Å²) in [5.74, 6) is -0.440. The first-order valence-electron chi connectivity index (χ1n) is 8.55. The molecule has 0 fully saturated rings. The molecule has 0 saturated carbocycles. The molecule has 154 valence electrons. The number of hydrogen-bond acceptors (Lipinski definition) is 8. The Balaban J connectivity index is 1.41. The van der Waals surface area contributed by atoms with E-state index in [1.165, 1.54) is 12.1 Å². The first kappa shape index (κ1) is 19.9. The Labute approximate surface area is 174 Å². The summed E-state index contributed by atoms with van der Waals surface area (Å²) in [5.41, 5.74) is 2.24. The summed E-state index contributed by atoms with van der Waals surface area (Å²) < 4.78 is 30.7. The van der Waals surface area contributed by atoms with E-state index in [0.29, 0.717) is 28.2 Å². The average Bonchev–Trinajstić information content (AvgIpc) is 3.33. The zero-order valence-electron chi connectivity index (χ0n) is 15.3. The first-order valence-corrected chi connectivity index (χ1v) is 10.9. The molecular weight excluding hydrogens is 430 g/mol. The third-order valence-electron chi connectivity index (χ3n) is 4.10. The second-order valence-electron chi connectivity index (χ2n) is 6.35. The van der Waals surface area contributed by atoms with Crippen molar-refractivity contribution in [3.63, 3.8) is 0 Å². The Morgan fingerprint density at radius 3 is 2.67 bits per heavy atom. The fourth-order valence-corrected chi connectivity index (χ4v) is 4.36. The quantitative estimate of drug-likeness (QED) is 0.437. The molecular formula is C18H15N5O5S2. The predicted molar refractivity (Wildman–Crippen MR) is 108 cm³/mol. The summed E-state index contributed by atoms with van der Waals surface area (Å²) in [6.45, 7) is 0.611. The van der Waals surface area contributed by atoms with Gasteiger partial charge in [0.05, 0.1) is 28.5 Å². The molecule has 0 spiro atoms. The van der Waals surface area contributed by atoms with Gasteiger partial charge in [-0.1, -0.05) is 17.3 Å². The summed E-state index contributed by atoms with van der Waals surface area (Å²) in [7, 11) is -3.85. The molecule has 0 aliphatic rings. The Morgan fingerprint density at radius 1 is 1.20 bits per heavy atom. The van der Waals surface area contributed by atoms with E-state index >= 15 is 0 Å². The Morgan fingerprint density at radius 2 is 1.97 bits per heavy atom. The van der Waals surface area contributed by atoms with Gasteiger partial charge in [0, 0.05) is 0 Å². The van der Waals surface area contributed by atoms with Gasteiger partial charge in [0.15, 0.2) is 0 Å². The molecule has 0 aliphatic heterocycles. The van der Waals surface area contributed by atoms with E-state index < -0.39 is 16.0 Å². The van der Waals surface area contributed by atoms with E-state index in [-0.39, 0.29) is 16.5 Å². The number of thiazole rings is 1. The number of nitrogens with zero attached hydrogens (tertiary/aromatic N) is 4. The van der Waals surface area contributed by atoms with Crippen LogP contribution in [0.15, 0.2) is 53.0 Å². The lowest BCUT2D eigenvalue weighted by Crippen LogP contribution is -2.11. The molecule has 2 aromatic carbocycles. The van der Waals surface area contributed by atoms with E-state index in [0.717, 1.165) is 16.9 Å². The Hall–Kier alpha value is -3.35. The van der Waals surface area contributed by atoms with Gasteiger partial charge in [-0.3, -0.25) is 0 Å². The minimum absolute atomic E-state index is 0.144. The second-order valence-corrected chi connectivity index (χ2v) is 9.12. The van der Waals surface area contributed by atoms with Crippen LogP contribution in [0, 0.1) is 0 Å². The average molecular weight is 445 g/mol. The van der Waals surface area contributed by atoms with Crippen molar-refractivity contribution in [3.05, 3.63) is 65.5 Å². The molecule has 0 atom stereocenters. The molecule has 4 aromatic rings. The number of primary sulfonamides is 1. The van der Waals surface area contributed by atoms with Gasteiger partial charge in [0.1, 0.15) is 18.1 Å². The monoisotopic (exact) mass is 445 g/mol. The molecule has 4 rings (SSSR count). The lowest BCUT2D eigenvalue weighted by atomic mass is 10.1. The van der Waals surface area contributed by atoms with Crippen molar-refractivity contribution in [2.45, 2.75) is 17.5 Å².